The van der Waals surface area contributed by atoms with Gasteiger partial charge in [-0.05, 0) is 25.1 Å². The highest BCUT2D eigenvalue weighted by Crippen LogP contribution is 2.23. The number of nitro benzene ring substituents is 1. The number of non-ortho nitro benzene ring substituents is 1. The predicted molar refractivity (Wildman–Crippen MR) is 103 cm³/mol. The monoisotopic (exact) mass is 398 g/mol. The maximum absolute atomic E-state index is 12.1. The van der Waals surface area contributed by atoms with Crippen LogP contribution in [0.25, 0.3) is 10.9 Å². The lowest BCUT2D eigenvalue weighted by Gasteiger charge is -2.14. The van der Waals surface area contributed by atoms with E-state index >= 15 is 0 Å². The Morgan fingerprint density at radius 2 is 2.07 bits per heavy atom. The van der Waals surface area contributed by atoms with Gasteiger partial charge in [-0.2, -0.15) is 0 Å². The number of rotatable bonds is 8. The molecule has 2 aromatic heterocycles. The lowest BCUT2D eigenvalue weighted by Crippen LogP contribution is -2.45. The Morgan fingerprint density at radius 3 is 2.79 bits per heavy atom. The molecule has 3 rings (SSSR count). The number of anilines is 1. The van der Waals surface area contributed by atoms with Crippen molar-refractivity contribution in [2.24, 2.45) is 0 Å². The zero-order chi connectivity index (χ0) is 20.8. The fraction of sp³-hybridized carbons (Fsp3) is 0.222. The number of amides is 2. The molecule has 3 N–H and O–H groups in total. The van der Waals surface area contributed by atoms with E-state index in [9.17, 15) is 19.7 Å². The van der Waals surface area contributed by atoms with Crippen molar-refractivity contribution in [3.8, 4) is 0 Å². The second-order valence-electron chi connectivity index (χ2n) is 6.07. The topological polar surface area (TPSA) is 152 Å². The van der Waals surface area contributed by atoms with Crippen molar-refractivity contribution < 1.29 is 18.9 Å². The van der Waals surface area contributed by atoms with Crippen molar-refractivity contribution in [1.82, 2.24) is 20.6 Å². The highest BCUT2D eigenvalue weighted by molar-refractivity contribution is 5.95. The molecule has 0 unspecified atom stereocenters. The van der Waals surface area contributed by atoms with Crippen LogP contribution in [-0.2, 0) is 4.79 Å². The minimum absolute atomic E-state index is 0.0650. The van der Waals surface area contributed by atoms with Crippen LogP contribution < -0.4 is 16.0 Å². The molecule has 29 heavy (non-hydrogen) atoms. The lowest BCUT2D eigenvalue weighted by atomic mass is 10.2. The number of aromatic nitrogens is 2. The molecule has 0 spiro atoms. The van der Waals surface area contributed by atoms with Gasteiger partial charge in [-0.1, -0.05) is 0 Å². The van der Waals surface area contributed by atoms with Gasteiger partial charge in [0.25, 0.3) is 11.6 Å². The lowest BCUT2D eigenvalue weighted by molar-refractivity contribution is -0.384. The van der Waals surface area contributed by atoms with Crippen molar-refractivity contribution in [2.45, 2.75) is 13.0 Å². The Kier molecular flexibility index (Phi) is 5.97. The number of hydrogen-bond acceptors (Lipinski definition) is 8. The predicted octanol–water partition coefficient (Wildman–Crippen LogP) is 1.48. The molecule has 2 amide bonds. The summed E-state index contributed by atoms with van der Waals surface area (Å²) in [7, 11) is 0. The van der Waals surface area contributed by atoms with E-state index in [1.165, 1.54) is 30.8 Å². The van der Waals surface area contributed by atoms with Crippen LogP contribution in [0.15, 0.2) is 47.3 Å². The summed E-state index contributed by atoms with van der Waals surface area (Å²) in [5, 5.41) is 19.7. The van der Waals surface area contributed by atoms with E-state index in [1.807, 2.05) is 0 Å². The average Bonchev–Trinajstić information content (AvgIpc) is 3.25. The smallest absolute Gasteiger partial charge is 0.287 e. The van der Waals surface area contributed by atoms with Crippen LogP contribution in [0.5, 0.6) is 0 Å². The zero-order valence-electron chi connectivity index (χ0n) is 15.4. The molecule has 11 nitrogen and oxygen atoms in total. The standard InChI is InChI=1S/C18H18N6O5/c1-11(23-18(26)15-3-2-8-29-15)17(25)20-7-6-19-16-13-9-12(24(27)28)4-5-14(13)21-10-22-16/h2-5,8-11H,6-7H2,1H3,(H,20,25)(H,23,26)(H,19,21,22)/t11-/m1/s1. The van der Waals surface area contributed by atoms with Gasteiger partial charge in [-0.25, -0.2) is 9.97 Å². The molecule has 1 atom stereocenters. The van der Waals surface area contributed by atoms with Crippen LogP contribution in [0.3, 0.4) is 0 Å². The number of nitro groups is 1. The minimum Gasteiger partial charge on any atom is -0.459 e. The van der Waals surface area contributed by atoms with Crippen LogP contribution >= 0.6 is 0 Å². The van der Waals surface area contributed by atoms with Crippen LogP contribution in [-0.4, -0.2) is 45.8 Å². The molecule has 0 radical (unpaired) electrons. The second kappa shape index (κ2) is 8.78. The Balaban J connectivity index is 1.52. The van der Waals surface area contributed by atoms with Crippen LogP contribution in [0.1, 0.15) is 17.5 Å². The van der Waals surface area contributed by atoms with Gasteiger partial charge in [-0.3, -0.25) is 19.7 Å². The number of nitrogens with zero attached hydrogens (tertiary/aromatic N) is 3. The van der Waals surface area contributed by atoms with E-state index < -0.39 is 16.9 Å². The van der Waals surface area contributed by atoms with Gasteiger partial charge in [0.05, 0.1) is 16.7 Å². The number of fused-ring (bicyclic) bond motifs is 1. The summed E-state index contributed by atoms with van der Waals surface area (Å²) in [4.78, 5) is 42.6. The number of nitrogens with one attached hydrogen (secondary N) is 3. The fourth-order valence-corrected chi connectivity index (χ4v) is 2.56. The van der Waals surface area contributed by atoms with Crippen molar-refractivity contribution in [3.05, 3.63) is 58.8 Å². The Bertz CT molecular complexity index is 1040. The number of carbonyl (C=O) groups excluding carboxylic acids is 2. The van der Waals surface area contributed by atoms with Gasteiger partial charge in [0.1, 0.15) is 18.2 Å². The zero-order valence-corrected chi connectivity index (χ0v) is 15.4. The first-order valence-corrected chi connectivity index (χ1v) is 8.71. The quantitative estimate of drug-likeness (QED) is 0.293. The molecule has 150 valence electrons. The normalized spacial score (nSPS) is 11.6. The van der Waals surface area contributed by atoms with Gasteiger partial charge >= 0.3 is 0 Å². The van der Waals surface area contributed by atoms with E-state index in [1.54, 1.807) is 19.1 Å². The molecule has 1 aromatic carbocycles. The van der Waals surface area contributed by atoms with Crippen molar-refractivity contribution in [3.63, 3.8) is 0 Å². The van der Waals surface area contributed by atoms with Crippen LogP contribution in [0.2, 0.25) is 0 Å². The number of hydrogen-bond donors (Lipinski definition) is 3. The second-order valence-corrected chi connectivity index (χ2v) is 6.07. The van der Waals surface area contributed by atoms with E-state index in [-0.39, 0.29) is 23.9 Å². The molecule has 0 aliphatic heterocycles. The highest BCUT2D eigenvalue weighted by atomic mass is 16.6. The van der Waals surface area contributed by atoms with Crippen molar-refractivity contribution >= 4 is 34.2 Å². The third kappa shape index (κ3) is 4.83. The first-order valence-electron chi connectivity index (χ1n) is 8.71. The number of benzene rings is 1. The number of carbonyl (C=O) groups is 2. The third-order valence-corrected chi connectivity index (χ3v) is 4.03. The van der Waals surface area contributed by atoms with Gasteiger partial charge in [0.2, 0.25) is 5.91 Å². The summed E-state index contributed by atoms with van der Waals surface area (Å²) in [6.45, 7) is 2.13. The molecule has 0 aliphatic rings. The summed E-state index contributed by atoms with van der Waals surface area (Å²) in [5.74, 6) is -0.303. The van der Waals surface area contributed by atoms with E-state index in [0.717, 1.165) is 0 Å². The summed E-state index contributed by atoms with van der Waals surface area (Å²) < 4.78 is 4.97. The largest absolute Gasteiger partial charge is 0.459 e. The molecular formula is C18H18N6O5. The Morgan fingerprint density at radius 1 is 1.24 bits per heavy atom. The molecule has 3 aromatic rings. The van der Waals surface area contributed by atoms with E-state index in [4.69, 9.17) is 4.42 Å². The molecule has 11 heteroatoms. The molecule has 0 fully saturated rings. The van der Waals surface area contributed by atoms with Crippen molar-refractivity contribution in [2.75, 3.05) is 18.4 Å². The molecular weight excluding hydrogens is 380 g/mol. The van der Waals surface area contributed by atoms with Gasteiger partial charge < -0.3 is 20.4 Å². The van der Waals surface area contributed by atoms with Crippen molar-refractivity contribution in [1.29, 1.82) is 0 Å². The first kappa shape index (κ1) is 19.7. The molecule has 0 aliphatic carbocycles. The van der Waals surface area contributed by atoms with Crippen LogP contribution in [0, 0.1) is 10.1 Å². The molecule has 2 heterocycles. The summed E-state index contributed by atoms with van der Waals surface area (Å²) in [5.41, 5.74) is 0.496. The molecule has 0 saturated heterocycles. The van der Waals surface area contributed by atoms with E-state index in [0.29, 0.717) is 23.3 Å². The third-order valence-electron chi connectivity index (χ3n) is 4.03. The molecule has 0 saturated carbocycles. The highest BCUT2D eigenvalue weighted by Gasteiger charge is 2.17. The van der Waals surface area contributed by atoms with Gasteiger partial charge in [-0.15, -0.1) is 0 Å². The Hall–Kier alpha value is -4.02. The minimum atomic E-state index is -0.755. The SMILES string of the molecule is C[C@@H](NC(=O)c1ccco1)C(=O)NCCNc1ncnc2ccc([N+](=O)[O-])cc12. The Labute approximate surface area is 164 Å². The molecule has 0 bridgehead atoms. The summed E-state index contributed by atoms with van der Waals surface area (Å²) >= 11 is 0. The number of furan rings is 1. The maximum Gasteiger partial charge on any atom is 0.287 e. The van der Waals surface area contributed by atoms with Gasteiger partial charge in [0.15, 0.2) is 5.76 Å². The fourth-order valence-electron chi connectivity index (χ4n) is 2.56. The van der Waals surface area contributed by atoms with Crippen LogP contribution in [0.4, 0.5) is 11.5 Å². The summed E-state index contributed by atoms with van der Waals surface area (Å²) in [6, 6.07) is 6.64. The average molecular weight is 398 g/mol. The van der Waals surface area contributed by atoms with E-state index in [2.05, 4.69) is 25.9 Å². The van der Waals surface area contributed by atoms with Gasteiger partial charge in [0, 0.05) is 30.6 Å². The first-order chi connectivity index (χ1) is 14.0. The maximum atomic E-state index is 12.1. The summed E-state index contributed by atoms with van der Waals surface area (Å²) in [6.07, 6.45) is 2.72.